The number of rotatable bonds is 4. The van der Waals surface area contributed by atoms with Crippen LogP contribution in [0.2, 0.25) is 0 Å². The van der Waals surface area contributed by atoms with Gasteiger partial charge in [0, 0.05) is 46.1 Å². The predicted octanol–water partition coefficient (Wildman–Crippen LogP) is 0.607. The average Bonchev–Trinajstić information content (AvgIpc) is 2.97. The van der Waals surface area contributed by atoms with Gasteiger partial charge in [-0.05, 0) is 18.3 Å². The van der Waals surface area contributed by atoms with Crippen molar-refractivity contribution in [2.75, 3.05) is 32.7 Å². The van der Waals surface area contributed by atoms with Gasteiger partial charge in [-0.2, -0.15) is 0 Å². The Labute approximate surface area is 108 Å². The molecule has 1 saturated heterocycles. The molecule has 1 heterocycles. The average molecular weight is 255 g/mol. The lowest BCUT2D eigenvalue weighted by Gasteiger charge is -2.36. The van der Waals surface area contributed by atoms with Crippen LogP contribution in [0.5, 0.6) is 0 Å². The Morgan fingerprint density at radius 3 is 2.29 bits per heavy atom. The zero-order chi connectivity index (χ0) is 12.5. The highest BCUT2D eigenvalue weighted by molar-refractivity contribution is 7.80. The smallest absolute Gasteiger partial charge is 0.219 e. The molecule has 1 aliphatic heterocycles. The summed E-state index contributed by atoms with van der Waals surface area (Å²) in [5.74, 6) is 0.189. The Balaban J connectivity index is 1.78. The normalized spacial score (nSPS) is 23.5. The number of hydrogen-bond acceptors (Lipinski definition) is 3. The monoisotopic (exact) mass is 255 g/mol. The molecule has 0 spiro atoms. The zero-order valence-electron chi connectivity index (χ0n) is 10.4. The van der Waals surface area contributed by atoms with E-state index in [9.17, 15) is 4.79 Å². The number of hydrogen-bond donors (Lipinski definition) is 1. The van der Waals surface area contributed by atoms with Gasteiger partial charge in [0.1, 0.15) is 0 Å². The van der Waals surface area contributed by atoms with Crippen molar-refractivity contribution in [1.29, 1.82) is 0 Å². The molecule has 1 saturated carbocycles. The van der Waals surface area contributed by atoms with Gasteiger partial charge in [0.25, 0.3) is 0 Å². The molecular weight excluding hydrogens is 234 g/mol. The molecule has 0 aromatic rings. The van der Waals surface area contributed by atoms with Crippen LogP contribution >= 0.6 is 12.2 Å². The molecule has 2 rings (SSSR count). The number of amides is 1. The molecule has 0 aromatic carbocycles. The minimum Gasteiger partial charge on any atom is -0.393 e. The standard InChI is InChI=1S/C12H21N3OS/c1-10(16)15-6-4-14(5-7-15)9-12(2-3-12)8-11(13)17/h2-9H2,1H3,(H2,13,17). The van der Waals surface area contributed by atoms with E-state index in [-0.39, 0.29) is 5.91 Å². The first-order chi connectivity index (χ1) is 8.01. The summed E-state index contributed by atoms with van der Waals surface area (Å²) in [6.07, 6.45) is 3.38. The maximum atomic E-state index is 11.2. The number of thiocarbonyl (C=S) groups is 1. The van der Waals surface area contributed by atoms with Crippen molar-refractivity contribution < 1.29 is 4.79 Å². The summed E-state index contributed by atoms with van der Waals surface area (Å²) in [5.41, 5.74) is 6.01. The van der Waals surface area contributed by atoms with E-state index in [1.54, 1.807) is 6.92 Å². The third-order valence-corrected chi connectivity index (χ3v) is 4.03. The summed E-state index contributed by atoms with van der Waals surface area (Å²) in [7, 11) is 0. The minimum absolute atomic E-state index is 0.189. The van der Waals surface area contributed by atoms with Crippen molar-refractivity contribution in [3.05, 3.63) is 0 Å². The minimum atomic E-state index is 0.189. The fourth-order valence-corrected chi connectivity index (χ4v) is 2.94. The quantitative estimate of drug-likeness (QED) is 0.748. The number of piperazine rings is 1. The van der Waals surface area contributed by atoms with Crippen molar-refractivity contribution in [1.82, 2.24) is 9.80 Å². The van der Waals surface area contributed by atoms with Crippen LogP contribution in [0, 0.1) is 5.41 Å². The fourth-order valence-electron chi connectivity index (χ4n) is 2.63. The Morgan fingerprint density at radius 2 is 1.88 bits per heavy atom. The molecule has 5 heteroatoms. The molecule has 1 aliphatic carbocycles. The van der Waals surface area contributed by atoms with Gasteiger partial charge in [-0.25, -0.2) is 0 Å². The van der Waals surface area contributed by atoms with Gasteiger partial charge >= 0.3 is 0 Å². The van der Waals surface area contributed by atoms with Crippen LogP contribution in [-0.2, 0) is 4.79 Å². The summed E-state index contributed by atoms with van der Waals surface area (Å²) in [5, 5.41) is 0. The summed E-state index contributed by atoms with van der Waals surface area (Å²) >= 11 is 5.01. The molecular formula is C12H21N3OS. The van der Waals surface area contributed by atoms with Gasteiger partial charge in [-0.1, -0.05) is 12.2 Å². The van der Waals surface area contributed by atoms with Gasteiger partial charge in [-0.3, -0.25) is 9.69 Å². The summed E-state index contributed by atoms with van der Waals surface area (Å²) in [4.78, 5) is 16.2. The molecule has 4 nitrogen and oxygen atoms in total. The van der Waals surface area contributed by atoms with Crippen LogP contribution in [-0.4, -0.2) is 53.4 Å². The van der Waals surface area contributed by atoms with Gasteiger partial charge in [0.15, 0.2) is 0 Å². The SMILES string of the molecule is CC(=O)N1CCN(CC2(CC(N)=S)CC2)CC1. The topological polar surface area (TPSA) is 49.6 Å². The maximum absolute atomic E-state index is 11.2. The van der Waals surface area contributed by atoms with Crippen molar-refractivity contribution in [3.63, 3.8) is 0 Å². The first-order valence-corrected chi connectivity index (χ1v) is 6.68. The lowest BCUT2D eigenvalue weighted by atomic mass is 10.0. The van der Waals surface area contributed by atoms with E-state index < -0.39 is 0 Å². The number of carbonyl (C=O) groups excluding carboxylic acids is 1. The Morgan fingerprint density at radius 1 is 1.29 bits per heavy atom. The van der Waals surface area contributed by atoms with Crippen LogP contribution < -0.4 is 5.73 Å². The Bertz CT molecular complexity index is 320. The van der Waals surface area contributed by atoms with Crippen molar-refractivity contribution in [2.45, 2.75) is 26.2 Å². The molecule has 0 aromatic heterocycles. The molecule has 0 unspecified atom stereocenters. The maximum Gasteiger partial charge on any atom is 0.219 e. The Kier molecular flexibility index (Phi) is 3.68. The molecule has 0 radical (unpaired) electrons. The van der Waals surface area contributed by atoms with Crippen LogP contribution in [0.3, 0.4) is 0 Å². The number of carbonyl (C=O) groups is 1. The van der Waals surface area contributed by atoms with Gasteiger partial charge in [-0.15, -0.1) is 0 Å². The Hall–Kier alpha value is -0.680. The van der Waals surface area contributed by atoms with E-state index in [1.807, 2.05) is 4.90 Å². The second-order valence-corrected chi connectivity index (χ2v) is 5.95. The molecule has 2 aliphatic rings. The molecule has 1 amide bonds. The van der Waals surface area contributed by atoms with Crippen molar-refractivity contribution >= 4 is 23.1 Å². The lowest BCUT2D eigenvalue weighted by molar-refractivity contribution is -0.130. The summed E-state index contributed by atoms with van der Waals surface area (Å²) in [6, 6.07) is 0. The third-order valence-electron chi connectivity index (χ3n) is 3.88. The van der Waals surface area contributed by atoms with Gasteiger partial charge in [0.2, 0.25) is 5.91 Å². The molecule has 2 N–H and O–H groups in total. The van der Waals surface area contributed by atoms with Crippen molar-refractivity contribution in [3.8, 4) is 0 Å². The van der Waals surface area contributed by atoms with Crippen LogP contribution in [0.25, 0.3) is 0 Å². The second kappa shape index (κ2) is 4.90. The van der Waals surface area contributed by atoms with Crippen LogP contribution in [0.1, 0.15) is 26.2 Å². The fraction of sp³-hybridized carbons (Fsp3) is 0.833. The number of nitrogens with zero attached hydrogens (tertiary/aromatic N) is 2. The van der Waals surface area contributed by atoms with E-state index in [0.717, 1.165) is 39.1 Å². The number of nitrogens with two attached hydrogens (primary N) is 1. The van der Waals surface area contributed by atoms with Crippen LogP contribution in [0.4, 0.5) is 0 Å². The molecule has 0 atom stereocenters. The van der Waals surface area contributed by atoms with Crippen LogP contribution in [0.15, 0.2) is 0 Å². The summed E-state index contributed by atoms with van der Waals surface area (Å²) < 4.78 is 0. The zero-order valence-corrected chi connectivity index (χ0v) is 11.3. The van der Waals surface area contributed by atoms with E-state index >= 15 is 0 Å². The van der Waals surface area contributed by atoms with E-state index in [4.69, 9.17) is 18.0 Å². The summed E-state index contributed by atoms with van der Waals surface area (Å²) in [6.45, 7) is 6.43. The highest BCUT2D eigenvalue weighted by atomic mass is 32.1. The highest BCUT2D eigenvalue weighted by Gasteiger charge is 2.44. The highest BCUT2D eigenvalue weighted by Crippen LogP contribution is 2.49. The first-order valence-electron chi connectivity index (χ1n) is 6.27. The molecule has 2 fully saturated rings. The van der Waals surface area contributed by atoms with E-state index in [1.165, 1.54) is 12.8 Å². The second-order valence-electron chi connectivity index (χ2n) is 5.43. The third kappa shape index (κ3) is 3.39. The molecule has 17 heavy (non-hydrogen) atoms. The molecule has 0 bridgehead atoms. The largest absolute Gasteiger partial charge is 0.393 e. The predicted molar refractivity (Wildman–Crippen MR) is 71.8 cm³/mol. The molecule has 96 valence electrons. The van der Waals surface area contributed by atoms with Gasteiger partial charge in [0.05, 0.1) is 4.99 Å². The van der Waals surface area contributed by atoms with E-state index in [0.29, 0.717) is 10.4 Å². The van der Waals surface area contributed by atoms with Crippen molar-refractivity contribution in [2.24, 2.45) is 11.1 Å². The van der Waals surface area contributed by atoms with E-state index in [2.05, 4.69) is 4.90 Å². The lowest BCUT2D eigenvalue weighted by Crippen LogP contribution is -2.49. The first kappa shape index (κ1) is 12.8. The van der Waals surface area contributed by atoms with Gasteiger partial charge < -0.3 is 10.6 Å².